The van der Waals surface area contributed by atoms with Gasteiger partial charge < -0.3 is 0 Å². The number of thioether (sulfide) groups is 1. The summed E-state index contributed by atoms with van der Waals surface area (Å²) >= 11 is 7.61. The minimum Gasteiger partial charge on any atom is -0.281 e. The summed E-state index contributed by atoms with van der Waals surface area (Å²) in [7, 11) is -2.53. The summed E-state index contributed by atoms with van der Waals surface area (Å²) in [4.78, 5) is 14.5. The van der Waals surface area contributed by atoms with Gasteiger partial charge in [0.15, 0.2) is 0 Å². The van der Waals surface area contributed by atoms with E-state index in [9.17, 15) is 4.79 Å². The molecule has 0 radical (unpaired) electrons. The SMILES string of the molecule is Cc1ccc(SC(=O)c2cc(Cl)ccc2N=P(c2ccccc2)(c2ccccc2)c2ccccc2)cc1. The second kappa shape index (κ2) is 11.4. The van der Waals surface area contributed by atoms with Crippen LogP contribution < -0.4 is 15.9 Å². The molecule has 5 aromatic carbocycles. The van der Waals surface area contributed by atoms with Gasteiger partial charge in [-0.3, -0.25) is 9.54 Å². The van der Waals surface area contributed by atoms with E-state index in [1.54, 1.807) is 6.07 Å². The summed E-state index contributed by atoms with van der Waals surface area (Å²) in [5.41, 5.74) is 2.29. The predicted octanol–water partition coefficient (Wildman–Crippen LogP) is 8.39. The second-order valence-electron chi connectivity index (χ2n) is 8.61. The Balaban J connectivity index is 1.77. The number of hydrogen-bond acceptors (Lipinski definition) is 3. The highest BCUT2D eigenvalue weighted by Gasteiger charge is 2.28. The molecule has 0 fully saturated rings. The van der Waals surface area contributed by atoms with Gasteiger partial charge in [0.25, 0.3) is 0 Å². The first-order chi connectivity index (χ1) is 18.1. The normalized spacial score (nSPS) is 11.2. The summed E-state index contributed by atoms with van der Waals surface area (Å²) in [6.07, 6.45) is 0. The largest absolute Gasteiger partial charge is 0.281 e. The van der Waals surface area contributed by atoms with Crippen molar-refractivity contribution in [2.45, 2.75) is 11.8 Å². The van der Waals surface area contributed by atoms with Crippen LogP contribution in [0, 0.1) is 6.92 Å². The Morgan fingerprint density at radius 1 is 0.676 bits per heavy atom. The first kappa shape index (κ1) is 25.3. The van der Waals surface area contributed by atoms with Crippen molar-refractivity contribution in [3.05, 3.63) is 150 Å². The summed E-state index contributed by atoms with van der Waals surface area (Å²) in [5, 5.41) is 3.78. The van der Waals surface area contributed by atoms with Crippen LogP contribution in [0.2, 0.25) is 5.02 Å². The number of carbonyl (C=O) groups is 1. The number of rotatable bonds is 6. The summed E-state index contributed by atoms with van der Waals surface area (Å²) < 4.78 is 5.54. The quantitative estimate of drug-likeness (QED) is 0.161. The van der Waals surface area contributed by atoms with Crippen LogP contribution >= 0.6 is 30.4 Å². The summed E-state index contributed by atoms with van der Waals surface area (Å²) in [5.74, 6) is 0. The molecule has 0 saturated heterocycles. The van der Waals surface area contributed by atoms with Crippen molar-refractivity contribution in [1.82, 2.24) is 0 Å². The Labute approximate surface area is 227 Å². The van der Waals surface area contributed by atoms with Crippen LogP contribution in [0.1, 0.15) is 15.9 Å². The average molecular weight is 538 g/mol. The van der Waals surface area contributed by atoms with E-state index in [0.717, 1.165) is 26.4 Å². The van der Waals surface area contributed by atoms with Crippen LogP contribution in [0.15, 0.2) is 143 Å². The molecular weight excluding hydrogens is 513 g/mol. The third kappa shape index (κ3) is 5.50. The van der Waals surface area contributed by atoms with E-state index in [1.807, 2.05) is 97.9 Å². The maximum Gasteiger partial charge on any atom is 0.226 e. The van der Waals surface area contributed by atoms with E-state index >= 15 is 0 Å². The van der Waals surface area contributed by atoms with Gasteiger partial charge in [0.2, 0.25) is 5.12 Å². The Morgan fingerprint density at radius 2 is 1.16 bits per heavy atom. The lowest BCUT2D eigenvalue weighted by Crippen LogP contribution is -2.25. The third-order valence-corrected chi connectivity index (χ3v) is 10.9. The molecule has 0 N–H and O–H groups in total. The lowest BCUT2D eigenvalue weighted by atomic mass is 10.2. The van der Waals surface area contributed by atoms with Crippen LogP contribution in [0.4, 0.5) is 5.69 Å². The van der Waals surface area contributed by atoms with Gasteiger partial charge in [-0.25, -0.2) is 0 Å². The molecule has 0 aliphatic heterocycles. The number of hydrogen-bond donors (Lipinski definition) is 0. The van der Waals surface area contributed by atoms with Crippen molar-refractivity contribution in [2.75, 3.05) is 0 Å². The standard InChI is InChI=1S/C32H25ClNOPS/c1-24-17-20-29(21-18-24)37-32(35)30-23-25(33)19-22-31(30)34-36(26-11-5-2-6-12-26,27-13-7-3-8-14-27)28-15-9-4-10-16-28/h2-23H,1H3. The molecule has 0 bridgehead atoms. The highest BCUT2D eigenvalue weighted by molar-refractivity contribution is 8.14. The average Bonchev–Trinajstić information content (AvgIpc) is 2.95. The minimum absolute atomic E-state index is 0.0858. The molecule has 0 atom stereocenters. The van der Waals surface area contributed by atoms with E-state index < -0.39 is 7.05 Å². The Hall–Kier alpha value is -3.36. The molecular formula is C32H25ClNOPS. The Morgan fingerprint density at radius 3 is 1.65 bits per heavy atom. The lowest BCUT2D eigenvalue weighted by molar-refractivity contribution is 0.108. The predicted molar refractivity (Wildman–Crippen MR) is 160 cm³/mol. The molecule has 182 valence electrons. The van der Waals surface area contributed by atoms with Gasteiger partial charge in [-0.15, -0.1) is 0 Å². The molecule has 0 unspecified atom stereocenters. The van der Waals surface area contributed by atoms with Crippen molar-refractivity contribution in [1.29, 1.82) is 0 Å². The molecule has 5 aromatic rings. The minimum atomic E-state index is -2.53. The molecule has 5 heteroatoms. The number of nitrogens with zero attached hydrogens (tertiary/aromatic N) is 1. The van der Waals surface area contributed by atoms with E-state index in [1.165, 1.54) is 11.8 Å². The fraction of sp³-hybridized carbons (Fsp3) is 0.0312. The maximum atomic E-state index is 13.6. The summed E-state index contributed by atoms with van der Waals surface area (Å²) in [6, 6.07) is 44.5. The number of carbonyl (C=O) groups excluding carboxylic acids is 1. The molecule has 5 rings (SSSR count). The van der Waals surface area contributed by atoms with Gasteiger partial charge in [-0.1, -0.05) is 120 Å². The van der Waals surface area contributed by atoms with Gasteiger partial charge in [0.1, 0.15) is 0 Å². The molecule has 0 amide bonds. The van der Waals surface area contributed by atoms with E-state index in [0.29, 0.717) is 16.3 Å². The van der Waals surface area contributed by atoms with Crippen molar-refractivity contribution < 1.29 is 4.79 Å². The molecule has 0 aliphatic carbocycles. The molecule has 0 saturated carbocycles. The molecule has 0 heterocycles. The van der Waals surface area contributed by atoms with Crippen molar-refractivity contribution in [2.24, 2.45) is 4.74 Å². The number of aryl methyl sites for hydroxylation is 1. The van der Waals surface area contributed by atoms with Crippen LogP contribution in [0.5, 0.6) is 0 Å². The topological polar surface area (TPSA) is 29.4 Å². The van der Waals surface area contributed by atoms with Crippen molar-refractivity contribution >= 4 is 57.1 Å². The molecule has 0 spiro atoms. The summed E-state index contributed by atoms with van der Waals surface area (Å²) in [6.45, 7) is 2.03. The zero-order valence-electron chi connectivity index (χ0n) is 20.3. The van der Waals surface area contributed by atoms with Crippen molar-refractivity contribution in [3.63, 3.8) is 0 Å². The fourth-order valence-electron chi connectivity index (χ4n) is 4.24. The maximum absolute atomic E-state index is 13.6. The monoisotopic (exact) mass is 537 g/mol. The Bertz CT molecular complexity index is 1470. The van der Waals surface area contributed by atoms with E-state index in [2.05, 4.69) is 36.4 Å². The molecule has 0 aliphatic rings. The zero-order valence-corrected chi connectivity index (χ0v) is 22.8. The van der Waals surface area contributed by atoms with Crippen molar-refractivity contribution in [3.8, 4) is 0 Å². The van der Waals surface area contributed by atoms with Crippen LogP contribution in [-0.4, -0.2) is 5.12 Å². The van der Waals surface area contributed by atoms with Gasteiger partial charge in [-0.2, -0.15) is 0 Å². The fourth-order valence-corrected chi connectivity index (χ4v) is 8.72. The second-order valence-corrected chi connectivity index (χ2v) is 13.1. The third-order valence-electron chi connectivity index (χ3n) is 6.06. The van der Waals surface area contributed by atoms with E-state index in [-0.39, 0.29) is 5.12 Å². The van der Waals surface area contributed by atoms with E-state index in [4.69, 9.17) is 16.3 Å². The highest BCUT2D eigenvalue weighted by atomic mass is 35.5. The van der Waals surface area contributed by atoms with Gasteiger partial charge in [-0.05, 0) is 49.0 Å². The van der Waals surface area contributed by atoms with Gasteiger partial charge in [0.05, 0.1) is 18.3 Å². The highest BCUT2D eigenvalue weighted by Crippen LogP contribution is 2.50. The molecule has 37 heavy (non-hydrogen) atoms. The zero-order chi connectivity index (χ0) is 25.7. The first-order valence-electron chi connectivity index (χ1n) is 11.9. The number of halogens is 1. The van der Waals surface area contributed by atoms with Crippen LogP contribution in [-0.2, 0) is 0 Å². The smallest absolute Gasteiger partial charge is 0.226 e. The lowest BCUT2D eigenvalue weighted by Gasteiger charge is -2.27. The number of benzene rings is 5. The molecule has 2 nitrogen and oxygen atoms in total. The first-order valence-corrected chi connectivity index (χ1v) is 14.9. The van der Waals surface area contributed by atoms with Crippen LogP contribution in [0.25, 0.3) is 0 Å². The van der Waals surface area contributed by atoms with Gasteiger partial charge in [0, 0.05) is 25.8 Å². The molecule has 0 aromatic heterocycles. The Kier molecular flexibility index (Phi) is 7.76. The van der Waals surface area contributed by atoms with Crippen LogP contribution in [0.3, 0.4) is 0 Å². The van der Waals surface area contributed by atoms with Gasteiger partial charge >= 0.3 is 0 Å².